The zero-order valence-electron chi connectivity index (χ0n) is 11.9. The monoisotopic (exact) mass is 318 g/mol. The maximum absolute atomic E-state index is 12.7. The van der Waals surface area contributed by atoms with Crippen molar-refractivity contribution in [1.29, 1.82) is 0 Å². The molecule has 1 amide bonds. The number of aromatic nitrogens is 1. The minimum Gasteiger partial charge on any atom is -0.361 e. The highest BCUT2D eigenvalue weighted by Gasteiger charge is 2.30. The fraction of sp³-hybridized carbons (Fsp3) is 0.118. The Balaban J connectivity index is 1.71. The van der Waals surface area contributed by atoms with Crippen LogP contribution >= 0.6 is 0 Å². The SMILES string of the molecule is O=C(Cc1cccc(C(F)(F)F)c1)Nc1ccc2[nH]ccc2c1. The Kier molecular flexibility index (Phi) is 3.82. The number of carbonyl (C=O) groups excluding carboxylic acids is 1. The van der Waals surface area contributed by atoms with Crippen molar-refractivity contribution >= 4 is 22.5 Å². The van der Waals surface area contributed by atoms with Crippen LogP contribution in [0, 0.1) is 0 Å². The molecule has 0 atom stereocenters. The third-order valence-corrected chi connectivity index (χ3v) is 3.46. The van der Waals surface area contributed by atoms with Gasteiger partial charge in [-0.2, -0.15) is 13.2 Å². The van der Waals surface area contributed by atoms with Crippen LogP contribution in [0.2, 0.25) is 0 Å². The second-order valence-electron chi connectivity index (χ2n) is 5.20. The third kappa shape index (κ3) is 3.53. The van der Waals surface area contributed by atoms with E-state index < -0.39 is 11.7 Å². The molecule has 6 heteroatoms. The number of amides is 1. The minimum atomic E-state index is -4.41. The van der Waals surface area contributed by atoms with E-state index in [0.29, 0.717) is 11.3 Å². The van der Waals surface area contributed by atoms with Gasteiger partial charge in [-0.15, -0.1) is 0 Å². The van der Waals surface area contributed by atoms with Crippen LogP contribution in [0.3, 0.4) is 0 Å². The summed E-state index contributed by atoms with van der Waals surface area (Å²) in [5, 5.41) is 3.64. The molecular weight excluding hydrogens is 305 g/mol. The van der Waals surface area contributed by atoms with Crippen LogP contribution in [0.1, 0.15) is 11.1 Å². The molecule has 0 bridgehead atoms. The summed E-state index contributed by atoms with van der Waals surface area (Å²) in [6.45, 7) is 0. The lowest BCUT2D eigenvalue weighted by molar-refractivity contribution is -0.137. The Morgan fingerprint density at radius 2 is 1.91 bits per heavy atom. The number of aromatic amines is 1. The van der Waals surface area contributed by atoms with Crippen LogP contribution in [0.4, 0.5) is 18.9 Å². The molecule has 2 N–H and O–H groups in total. The molecule has 0 radical (unpaired) electrons. The predicted molar refractivity (Wildman–Crippen MR) is 82.1 cm³/mol. The quantitative estimate of drug-likeness (QED) is 0.740. The molecule has 1 heterocycles. The number of carbonyl (C=O) groups is 1. The van der Waals surface area contributed by atoms with Crippen molar-refractivity contribution in [2.24, 2.45) is 0 Å². The molecule has 0 aliphatic heterocycles. The standard InChI is InChI=1S/C17H13F3N2O/c18-17(19,20)13-3-1-2-11(8-13)9-16(23)22-14-4-5-15-12(10-14)6-7-21-15/h1-8,10,21H,9H2,(H,22,23). The van der Waals surface area contributed by atoms with Crippen molar-refractivity contribution in [1.82, 2.24) is 4.98 Å². The Labute approximate surface area is 130 Å². The molecule has 0 saturated heterocycles. The maximum Gasteiger partial charge on any atom is 0.416 e. The zero-order valence-corrected chi connectivity index (χ0v) is 11.9. The van der Waals surface area contributed by atoms with Crippen molar-refractivity contribution in [3.05, 3.63) is 65.9 Å². The van der Waals surface area contributed by atoms with E-state index in [1.54, 1.807) is 18.3 Å². The van der Waals surface area contributed by atoms with Crippen molar-refractivity contribution < 1.29 is 18.0 Å². The molecule has 3 aromatic rings. The van der Waals surface area contributed by atoms with E-state index in [1.807, 2.05) is 12.1 Å². The van der Waals surface area contributed by atoms with Crippen LogP contribution in [0.5, 0.6) is 0 Å². The molecule has 0 unspecified atom stereocenters. The first kappa shape index (κ1) is 15.1. The first-order valence-corrected chi connectivity index (χ1v) is 6.95. The lowest BCUT2D eigenvalue weighted by atomic mass is 10.1. The van der Waals surface area contributed by atoms with E-state index in [1.165, 1.54) is 12.1 Å². The van der Waals surface area contributed by atoms with Crippen LogP contribution in [0.15, 0.2) is 54.7 Å². The van der Waals surface area contributed by atoms with E-state index in [-0.39, 0.29) is 12.3 Å². The van der Waals surface area contributed by atoms with Gasteiger partial charge >= 0.3 is 6.18 Å². The average Bonchev–Trinajstić information content (AvgIpc) is 2.94. The summed E-state index contributed by atoms with van der Waals surface area (Å²) in [5.74, 6) is -0.362. The Bertz CT molecular complexity index is 852. The fourth-order valence-electron chi connectivity index (χ4n) is 2.38. The van der Waals surface area contributed by atoms with Gasteiger partial charge in [0.05, 0.1) is 12.0 Å². The van der Waals surface area contributed by atoms with Gasteiger partial charge in [-0.1, -0.05) is 18.2 Å². The highest BCUT2D eigenvalue weighted by atomic mass is 19.4. The van der Waals surface area contributed by atoms with Gasteiger partial charge in [0.15, 0.2) is 0 Å². The van der Waals surface area contributed by atoms with E-state index in [2.05, 4.69) is 10.3 Å². The summed E-state index contributed by atoms with van der Waals surface area (Å²) in [6.07, 6.45) is -2.74. The molecule has 3 nitrogen and oxygen atoms in total. The molecule has 0 fully saturated rings. The van der Waals surface area contributed by atoms with Gasteiger partial charge < -0.3 is 10.3 Å². The predicted octanol–water partition coefficient (Wildman–Crippen LogP) is 4.37. The highest BCUT2D eigenvalue weighted by Crippen LogP contribution is 2.29. The van der Waals surface area contributed by atoms with Crippen molar-refractivity contribution in [2.75, 3.05) is 5.32 Å². The number of fused-ring (bicyclic) bond motifs is 1. The lowest BCUT2D eigenvalue weighted by Crippen LogP contribution is -2.15. The average molecular weight is 318 g/mol. The number of hydrogen-bond donors (Lipinski definition) is 2. The second-order valence-corrected chi connectivity index (χ2v) is 5.20. The van der Waals surface area contributed by atoms with Crippen LogP contribution in [-0.2, 0) is 17.4 Å². The van der Waals surface area contributed by atoms with Gasteiger partial charge in [0, 0.05) is 22.8 Å². The summed E-state index contributed by atoms with van der Waals surface area (Å²) in [5.41, 5.74) is 1.12. The summed E-state index contributed by atoms with van der Waals surface area (Å²) in [4.78, 5) is 15.1. The molecule has 0 saturated carbocycles. The van der Waals surface area contributed by atoms with E-state index >= 15 is 0 Å². The number of rotatable bonds is 3. The zero-order chi connectivity index (χ0) is 16.4. The highest BCUT2D eigenvalue weighted by molar-refractivity contribution is 5.94. The van der Waals surface area contributed by atoms with Gasteiger partial charge in [0.2, 0.25) is 5.91 Å². The lowest BCUT2D eigenvalue weighted by Gasteiger charge is -2.09. The largest absolute Gasteiger partial charge is 0.416 e. The molecule has 3 rings (SSSR count). The Morgan fingerprint density at radius 1 is 1.09 bits per heavy atom. The third-order valence-electron chi connectivity index (χ3n) is 3.46. The molecule has 23 heavy (non-hydrogen) atoms. The minimum absolute atomic E-state index is 0.116. The molecule has 2 aromatic carbocycles. The maximum atomic E-state index is 12.7. The van der Waals surface area contributed by atoms with Crippen molar-refractivity contribution in [2.45, 2.75) is 12.6 Å². The van der Waals surface area contributed by atoms with Crippen molar-refractivity contribution in [3.63, 3.8) is 0 Å². The summed E-state index contributed by atoms with van der Waals surface area (Å²) in [6, 6.07) is 12.0. The molecule has 0 aliphatic carbocycles. The number of halogens is 3. The first-order chi connectivity index (χ1) is 10.9. The number of hydrogen-bond acceptors (Lipinski definition) is 1. The van der Waals surface area contributed by atoms with Crippen LogP contribution in [-0.4, -0.2) is 10.9 Å². The van der Waals surface area contributed by atoms with Gasteiger partial charge in [-0.3, -0.25) is 4.79 Å². The molecule has 1 aromatic heterocycles. The number of anilines is 1. The topological polar surface area (TPSA) is 44.9 Å². The van der Waals surface area contributed by atoms with E-state index in [0.717, 1.165) is 23.0 Å². The molecule has 0 aliphatic rings. The van der Waals surface area contributed by atoms with Crippen LogP contribution in [0.25, 0.3) is 10.9 Å². The second kappa shape index (κ2) is 5.79. The van der Waals surface area contributed by atoms with Crippen LogP contribution < -0.4 is 5.32 Å². The summed E-state index contributed by atoms with van der Waals surface area (Å²) < 4.78 is 38.0. The number of alkyl halides is 3. The number of nitrogens with one attached hydrogen (secondary N) is 2. The van der Waals surface area contributed by atoms with E-state index in [4.69, 9.17) is 0 Å². The summed E-state index contributed by atoms with van der Waals surface area (Å²) >= 11 is 0. The van der Waals surface area contributed by atoms with Crippen molar-refractivity contribution in [3.8, 4) is 0 Å². The summed E-state index contributed by atoms with van der Waals surface area (Å²) in [7, 11) is 0. The molecule has 118 valence electrons. The smallest absolute Gasteiger partial charge is 0.361 e. The Morgan fingerprint density at radius 3 is 2.70 bits per heavy atom. The van der Waals surface area contributed by atoms with Gasteiger partial charge in [0.1, 0.15) is 0 Å². The molecule has 0 spiro atoms. The van der Waals surface area contributed by atoms with Gasteiger partial charge in [-0.25, -0.2) is 0 Å². The fourth-order valence-corrected chi connectivity index (χ4v) is 2.38. The Hall–Kier alpha value is -2.76. The van der Waals surface area contributed by atoms with Gasteiger partial charge in [-0.05, 0) is 35.9 Å². The number of H-pyrrole nitrogens is 1. The molecular formula is C17H13F3N2O. The number of benzene rings is 2. The van der Waals surface area contributed by atoms with E-state index in [9.17, 15) is 18.0 Å². The normalized spacial score (nSPS) is 11.6. The van der Waals surface area contributed by atoms with Gasteiger partial charge in [0.25, 0.3) is 0 Å². The first-order valence-electron chi connectivity index (χ1n) is 6.95.